The number of carbonyl (C=O) groups excluding carboxylic acids is 1. The van der Waals surface area contributed by atoms with E-state index in [0.29, 0.717) is 11.6 Å². The highest BCUT2D eigenvalue weighted by Gasteiger charge is 2.19. The lowest BCUT2D eigenvalue weighted by atomic mass is 9.98. The summed E-state index contributed by atoms with van der Waals surface area (Å²) < 4.78 is 0. The summed E-state index contributed by atoms with van der Waals surface area (Å²) in [5.74, 6) is -1.12. The summed E-state index contributed by atoms with van der Waals surface area (Å²) in [6, 6.07) is 0. The maximum absolute atomic E-state index is 11.5. The summed E-state index contributed by atoms with van der Waals surface area (Å²) in [6.45, 7) is 6.06. The molecule has 0 unspecified atom stereocenters. The average Bonchev–Trinajstić information content (AvgIpc) is 2.64. The highest BCUT2D eigenvalue weighted by molar-refractivity contribution is 7.15. The maximum Gasteiger partial charge on any atom is 0.303 e. The van der Waals surface area contributed by atoms with Gasteiger partial charge in [-0.05, 0) is 6.42 Å². The molecule has 1 aromatic rings. The summed E-state index contributed by atoms with van der Waals surface area (Å²) in [5.41, 5.74) is -0.0933. The van der Waals surface area contributed by atoms with Crippen molar-refractivity contribution in [1.82, 2.24) is 10.2 Å². The number of nitrogens with zero attached hydrogens (tertiary/aromatic N) is 2. The van der Waals surface area contributed by atoms with Crippen LogP contribution in [0.4, 0.5) is 5.13 Å². The van der Waals surface area contributed by atoms with Crippen molar-refractivity contribution in [3.63, 3.8) is 0 Å². The van der Waals surface area contributed by atoms with Crippen LogP contribution in [0, 0.1) is 0 Å². The van der Waals surface area contributed by atoms with Crippen molar-refractivity contribution >= 4 is 28.3 Å². The van der Waals surface area contributed by atoms with Crippen LogP contribution in [0.25, 0.3) is 0 Å². The third-order valence-corrected chi connectivity index (χ3v) is 3.37. The van der Waals surface area contributed by atoms with Crippen LogP contribution < -0.4 is 5.32 Å². The van der Waals surface area contributed by atoms with E-state index in [4.69, 9.17) is 5.11 Å². The molecule has 0 saturated carbocycles. The molecule has 0 aliphatic heterocycles. The highest BCUT2D eigenvalue weighted by Crippen LogP contribution is 2.27. The maximum atomic E-state index is 11.5. The molecule has 0 aliphatic carbocycles. The topological polar surface area (TPSA) is 92.2 Å². The molecule has 0 fully saturated rings. The van der Waals surface area contributed by atoms with E-state index in [9.17, 15) is 9.59 Å². The second-order valence-electron chi connectivity index (χ2n) is 4.96. The van der Waals surface area contributed by atoms with Gasteiger partial charge < -0.3 is 10.4 Å². The molecule has 18 heavy (non-hydrogen) atoms. The van der Waals surface area contributed by atoms with Crippen molar-refractivity contribution in [2.45, 2.75) is 45.4 Å². The van der Waals surface area contributed by atoms with Crippen LogP contribution in [0.5, 0.6) is 0 Å². The molecule has 0 spiro atoms. The first-order valence-electron chi connectivity index (χ1n) is 5.64. The van der Waals surface area contributed by atoms with Gasteiger partial charge in [0.05, 0.1) is 0 Å². The van der Waals surface area contributed by atoms with Crippen molar-refractivity contribution < 1.29 is 14.7 Å². The number of aromatic nitrogens is 2. The van der Waals surface area contributed by atoms with E-state index in [2.05, 4.69) is 15.5 Å². The molecule has 6 nitrogen and oxygen atoms in total. The predicted octanol–water partition coefficient (Wildman–Crippen LogP) is 2.03. The van der Waals surface area contributed by atoms with Gasteiger partial charge >= 0.3 is 5.97 Å². The Labute approximate surface area is 109 Å². The second-order valence-corrected chi connectivity index (χ2v) is 5.94. The van der Waals surface area contributed by atoms with Gasteiger partial charge in [0.1, 0.15) is 5.01 Å². The smallest absolute Gasteiger partial charge is 0.303 e. The number of nitrogens with one attached hydrogen (secondary N) is 1. The molecular formula is C11H17N3O3S. The van der Waals surface area contributed by atoms with E-state index in [0.717, 1.165) is 5.01 Å². The van der Waals surface area contributed by atoms with Gasteiger partial charge in [0.15, 0.2) is 0 Å². The van der Waals surface area contributed by atoms with Crippen LogP contribution in [0.15, 0.2) is 0 Å². The molecule has 0 radical (unpaired) electrons. The van der Waals surface area contributed by atoms with Gasteiger partial charge in [-0.1, -0.05) is 32.1 Å². The van der Waals surface area contributed by atoms with E-state index >= 15 is 0 Å². The Bertz CT molecular complexity index is 437. The number of hydrogen-bond acceptors (Lipinski definition) is 5. The van der Waals surface area contributed by atoms with Gasteiger partial charge in [-0.25, -0.2) is 0 Å². The van der Waals surface area contributed by atoms with Crippen LogP contribution >= 0.6 is 11.3 Å². The third kappa shape index (κ3) is 4.79. The van der Waals surface area contributed by atoms with Gasteiger partial charge in [-0.2, -0.15) is 0 Å². The Hall–Kier alpha value is -1.50. The zero-order valence-corrected chi connectivity index (χ0v) is 11.5. The Morgan fingerprint density at radius 1 is 1.28 bits per heavy atom. The molecule has 2 N–H and O–H groups in total. The molecule has 0 aromatic carbocycles. The van der Waals surface area contributed by atoms with E-state index in [1.807, 2.05) is 20.8 Å². The second kappa shape index (κ2) is 5.90. The van der Waals surface area contributed by atoms with Crippen LogP contribution in [-0.2, 0) is 15.0 Å². The Balaban J connectivity index is 2.45. The fourth-order valence-electron chi connectivity index (χ4n) is 1.16. The normalized spacial score (nSPS) is 11.3. The number of carboxylic acids is 1. The number of amides is 1. The standard InChI is InChI=1S/C11H17N3O3S/c1-11(2,3)9-13-14-10(18-9)12-7(15)5-4-6-8(16)17/h4-6H2,1-3H3,(H,16,17)(H,12,14,15). The van der Waals surface area contributed by atoms with Gasteiger partial charge in [-0.15, -0.1) is 10.2 Å². The number of carboxylic acid groups (broad SMARTS) is 1. The summed E-state index contributed by atoms with van der Waals surface area (Å²) >= 11 is 1.34. The summed E-state index contributed by atoms with van der Waals surface area (Å²) in [6.07, 6.45) is 0.500. The van der Waals surface area contributed by atoms with Gasteiger partial charge in [0.2, 0.25) is 11.0 Å². The zero-order valence-electron chi connectivity index (χ0n) is 10.7. The van der Waals surface area contributed by atoms with Gasteiger partial charge in [0, 0.05) is 18.3 Å². The lowest BCUT2D eigenvalue weighted by molar-refractivity contribution is -0.137. The Morgan fingerprint density at radius 3 is 2.44 bits per heavy atom. The first kappa shape index (κ1) is 14.6. The van der Waals surface area contributed by atoms with Crippen molar-refractivity contribution in [2.75, 3.05) is 5.32 Å². The lowest BCUT2D eigenvalue weighted by Crippen LogP contribution is -2.11. The number of carbonyl (C=O) groups is 2. The summed E-state index contributed by atoms with van der Waals surface area (Å²) in [5, 5.41) is 20.3. The van der Waals surface area contributed by atoms with E-state index in [-0.39, 0.29) is 24.2 Å². The monoisotopic (exact) mass is 271 g/mol. The molecule has 1 heterocycles. The quantitative estimate of drug-likeness (QED) is 0.854. The third-order valence-electron chi connectivity index (χ3n) is 2.11. The number of rotatable bonds is 5. The molecule has 0 atom stereocenters. The Morgan fingerprint density at radius 2 is 1.94 bits per heavy atom. The minimum atomic E-state index is -0.895. The van der Waals surface area contributed by atoms with Crippen LogP contribution in [0.1, 0.15) is 45.0 Å². The van der Waals surface area contributed by atoms with E-state index in [1.165, 1.54) is 11.3 Å². The molecule has 1 aromatic heterocycles. The van der Waals surface area contributed by atoms with Gasteiger partial charge in [0.25, 0.3) is 0 Å². The van der Waals surface area contributed by atoms with Crippen molar-refractivity contribution in [3.8, 4) is 0 Å². The van der Waals surface area contributed by atoms with Crippen LogP contribution in [-0.4, -0.2) is 27.2 Å². The minimum absolute atomic E-state index is 0.00319. The van der Waals surface area contributed by atoms with Crippen LogP contribution in [0.2, 0.25) is 0 Å². The highest BCUT2D eigenvalue weighted by atomic mass is 32.1. The number of anilines is 1. The SMILES string of the molecule is CC(C)(C)c1nnc(NC(=O)CCCC(=O)O)s1. The molecule has 0 aliphatic rings. The summed E-state index contributed by atoms with van der Waals surface area (Å²) in [4.78, 5) is 21.8. The van der Waals surface area contributed by atoms with Crippen molar-refractivity contribution in [2.24, 2.45) is 0 Å². The first-order valence-corrected chi connectivity index (χ1v) is 6.46. The summed E-state index contributed by atoms with van der Waals surface area (Å²) in [7, 11) is 0. The number of hydrogen-bond donors (Lipinski definition) is 2. The number of aliphatic carboxylic acids is 1. The van der Waals surface area contributed by atoms with E-state index in [1.54, 1.807) is 0 Å². The molecule has 1 rings (SSSR count). The fraction of sp³-hybridized carbons (Fsp3) is 0.636. The molecule has 0 bridgehead atoms. The van der Waals surface area contributed by atoms with Crippen molar-refractivity contribution in [3.05, 3.63) is 5.01 Å². The molecule has 0 saturated heterocycles. The Kier molecular flexibility index (Phi) is 4.77. The lowest BCUT2D eigenvalue weighted by Gasteiger charge is -2.12. The zero-order chi connectivity index (χ0) is 13.8. The first-order chi connectivity index (χ1) is 8.29. The molecule has 1 amide bonds. The largest absolute Gasteiger partial charge is 0.481 e. The van der Waals surface area contributed by atoms with Crippen molar-refractivity contribution in [1.29, 1.82) is 0 Å². The predicted molar refractivity (Wildman–Crippen MR) is 68.7 cm³/mol. The van der Waals surface area contributed by atoms with Gasteiger partial charge in [-0.3, -0.25) is 9.59 Å². The minimum Gasteiger partial charge on any atom is -0.481 e. The molecule has 7 heteroatoms. The van der Waals surface area contributed by atoms with E-state index < -0.39 is 5.97 Å². The molecule has 100 valence electrons. The van der Waals surface area contributed by atoms with Crippen LogP contribution in [0.3, 0.4) is 0 Å². The average molecular weight is 271 g/mol. The fourth-order valence-corrected chi connectivity index (χ4v) is 1.98. The molecular weight excluding hydrogens is 254 g/mol.